The summed E-state index contributed by atoms with van der Waals surface area (Å²) in [7, 11) is 0. The first-order chi connectivity index (χ1) is 10.1. The lowest BCUT2D eigenvalue weighted by Crippen LogP contribution is -2.13. The van der Waals surface area contributed by atoms with Crippen LogP contribution in [-0.4, -0.2) is 19.7 Å². The zero-order valence-corrected chi connectivity index (χ0v) is 12.5. The Morgan fingerprint density at radius 3 is 2.71 bits per heavy atom. The zero-order valence-electron chi connectivity index (χ0n) is 12.5. The molecule has 7 nitrogen and oxygen atoms in total. The maximum absolute atomic E-state index is 5.87. The van der Waals surface area contributed by atoms with E-state index in [1.165, 1.54) is 0 Å². The van der Waals surface area contributed by atoms with E-state index in [0.717, 1.165) is 24.2 Å². The van der Waals surface area contributed by atoms with Crippen LogP contribution in [0, 0.1) is 6.92 Å². The molecule has 0 atom stereocenters. The van der Waals surface area contributed by atoms with Crippen LogP contribution in [0.15, 0.2) is 12.4 Å². The number of nitrogens with one attached hydrogen (secondary N) is 1. The van der Waals surface area contributed by atoms with Crippen LogP contribution in [0.5, 0.6) is 11.6 Å². The van der Waals surface area contributed by atoms with Crippen LogP contribution in [0.25, 0.3) is 0 Å². The summed E-state index contributed by atoms with van der Waals surface area (Å²) in [5.74, 6) is 8.56. The van der Waals surface area contributed by atoms with Gasteiger partial charge in [0, 0.05) is 12.0 Å². The first kappa shape index (κ1) is 13.8. The lowest BCUT2D eigenvalue weighted by atomic mass is 10.3. The van der Waals surface area contributed by atoms with E-state index in [1.807, 2.05) is 17.8 Å². The lowest BCUT2D eigenvalue weighted by Gasteiger charge is -2.11. The summed E-state index contributed by atoms with van der Waals surface area (Å²) in [6.45, 7) is 6.01. The highest BCUT2D eigenvalue weighted by molar-refractivity contribution is 5.49. The summed E-state index contributed by atoms with van der Waals surface area (Å²) in [6, 6.07) is 0.289. The molecule has 0 spiro atoms. The maximum atomic E-state index is 5.87. The van der Waals surface area contributed by atoms with Crippen LogP contribution in [0.4, 0.5) is 5.82 Å². The largest absolute Gasteiger partial charge is 0.435 e. The van der Waals surface area contributed by atoms with E-state index in [1.54, 1.807) is 6.20 Å². The molecule has 0 aliphatic heterocycles. The Hall–Kier alpha value is -2.15. The van der Waals surface area contributed by atoms with Gasteiger partial charge in [-0.3, -0.25) is 4.68 Å². The second-order valence-electron chi connectivity index (χ2n) is 5.63. The van der Waals surface area contributed by atoms with Crippen LogP contribution >= 0.6 is 0 Å². The van der Waals surface area contributed by atoms with Gasteiger partial charge in [-0.15, -0.1) is 0 Å². The summed E-state index contributed by atoms with van der Waals surface area (Å²) in [5.41, 5.74) is 3.41. The predicted molar refractivity (Wildman–Crippen MR) is 79.2 cm³/mol. The third-order valence-corrected chi connectivity index (χ3v) is 3.52. The first-order valence-electron chi connectivity index (χ1n) is 7.15. The molecule has 3 N–H and O–H groups in total. The number of nitrogen functional groups attached to an aromatic ring is 1. The number of anilines is 1. The summed E-state index contributed by atoms with van der Waals surface area (Å²) in [6.07, 6.45) is 5.79. The van der Waals surface area contributed by atoms with Crippen molar-refractivity contribution in [2.75, 3.05) is 5.43 Å². The van der Waals surface area contributed by atoms with E-state index in [-0.39, 0.29) is 6.04 Å². The van der Waals surface area contributed by atoms with Crippen molar-refractivity contribution in [1.29, 1.82) is 0 Å². The molecule has 0 saturated heterocycles. The number of rotatable bonds is 5. The van der Waals surface area contributed by atoms with E-state index < -0.39 is 0 Å². The summed E-state index contributed by atoms with van der Waals surface area (Å²) < 4.78 is 7.71. The van der Waals surface area contributed by atoms with Gasteiger partial charge in [-0.05, 0) is 33.6 Å². The third kappa shape index (κ3) is 2.82. The molecule has 112 valence electrons. The van der Waals surface area contributed by atoms with Gasteiger partial charge in [-0.1, -0.05) is 0 Å². The molecule has 0 radical (unpaired) electrons. The number of nitrogens with two attached hydrogens (primary N) is 1. The molecule has 2 aromatic rings. The standard InChI is InChI=1S/C14H20N6O/c1-8(2)20-7-11(6-16-20)21-14-9(3)12(19-15)17-13(18-14)10-4-5-10/h6-8,10H,4-5,15H2,1-3H3,(H,17,18,19). The van der Waals surface area contributed by atoms with Crippen molar-refractivity contribution in [2.24, 2.45) is 5.84 Å². The first-order valence-corrected chi connectivity index (χ1v) is 7.15. The lowest BCUT2D eigenvalue weighted by molar-refractivity contribution is 0.451. The van der Waals surface area contributed by atoms with Gasteiger partial charge >= 0.3 is 0 Å². The fourth-order valence-corrected chi connectivity index (χ4v) is 2.04. The minimum absolute atomic E-state index is 0.289. The number of nitrogens with zero attached hydrogens (tertiary/aromatic N) is 4. The molecular weight excluding hydrogens is 268 g/mol. The van der Waals surface area contributed by atoms with Crippen molar-refractivity contribution in [1.82, 2.24) is 19.7 Å². The Balaban J connectivity index is 1.90. The number of ether oxygens (including phenoxy) is 1. The van der Waals surface area contributed by atoms with Crippen LogP contribution in [0.2, 0.25) is 0 Å². The molecule has 3 rings (SSSR count). The number of hydrazine groups is 1. The Kier molecular flexibility index (Phi) is 3.50. The fraction of sp³-hybridized carbons (Fsp3) is 0.500. The quantitative estimate of drug-likeness (QED) is 0.649. The van der Waals surface area contributed by atoms with E-state index in [9.17, 15) is 0 Å². The Morgan fingerprint density at radius 1 is 1.38 bits per heavy atom. The highest BCUT2D eigenvalue weighted by Crippen LogP contribution is 2.40. The zero-order chi connectivity index (χ0) is 15.0. The summed E-state index contributed by atoms with van der Waals surface area (Å²) in [5, 5.41) is 4.26. The van der Waals surface area contributed by atoms with Crippen molar-refractivity contribution < 1.29 is 4.74 Å². The second kappa shape index (κ2) is 5.33. The topological polar surface area (TPSA) is 90.9 Å². The van der Waals surface area contributed by atoms with Gasteiger partial charge < -0.3 is 10.2 Å². The molecule has 1 fully saturated rings. The molecule has 0 amide bonds. The molecule has 21 heavy (non-hydrogen) atoms. The molecule has 7 heteroatoms. The normalized spacial score (nSPS) is 14.5. The Bertz CT molecular complexity index is 647. The van der Waals surface area contributed by atoms with Crippen LogP contribution in [-0.2, 0) is 0 Å². The molecule has 1 aliphatic rings. The minimum Gasteiger partial charge on any atom is -0.435 e. The van der Waals surface area contributed by atoms with Gasteiger partial charge in [0.1, 0.15) is 5.82 Å². The van der Waals surface area contributed by atoms with Crippen molar-refractivity contribution in [3.8, 4) is 11.6 Å². The second-order valence-corrected chi connectivity index (χ2v) is 5.63. The predicted octanol–water partition coefficient (Wildman–Crippen LogP) is 2.52. The van der Waals surface area contributed by atoms with Gasteiger partial charge in [0.25, 0.3) is 0 Å². The third-order valence-electron chi connectivity index (χ3n) is 3.52. The van der Waals surface area contributed by atoms with Gasteiger partial charge in [0.05, 0.1) is 18.0 Å². The Labute approximate surface area is 123 Å². The molecular formula is C14H20N6O. The number of hydrogen-bond donors (Lipinski definition) is 2. The van der Waals surface area contributed by atoms with E-state index in [0.29, 0.717) is 23.4 Å². The Morgan fingerprint density at radius 2 is 2.14 bits per heavy atom. The average molecular weight is 288 g/mol. The molecule has 2 heterocycles. The molecule has 1 aliphatic carbocycles. The highest BCUT2D eigenvalue weighted by Gasteiger charge is 2.28. The fourth-order valence-electron chi connectivity index (χ4n) is 2.04. The molecule has 0 unspecified atom stereocenters. The van der Waals surface area contributed by atoms with Crippen molar-refractivity contribution >= 4 is 5.82 Å². The van der Waals surface area contributed by atoms with Gasteiger partial charge in [-0.2, -0.15) is 10.1 Å². The van der Waals surface area contributed by atoms with Gasteiger partial charge in [-0.25, -0.2) is 10.8 Å². The molecule has 0 bridgehead atoms. The average Bonchev–Trinajstić information content (AvgIpc) is 3.20. The summed E-state index contributed by atoms with van der Waals surface area (Å²) in [4.78, 5) is 8.97. The molecule has 2 aromatic heterocycles. The summed E-state index contributed by atoms with van der Waals surface area (Å²) >= 11 is 0. The molecule has 1 saturated carbocycles. The van der Waals surface area contributed by atoms with Crippen LogP contribution in [0.1, 0.15) is 50.0 Å². The van der Waals surface area contributed by atoms with Crippen LogP contribution < -0.4 is 16.0 Å². The van der Waals surface area contributed by atoms with Gasteiger partial charge in [0.15, 0.2) is 11.6 Å². The van der Waals surface area contributed by atoms with Crippen molar-refractivity contribution in [2.45, 2.75) is 45.6 Å². The highest BCUT2D eigenvalue weighted by atomic mass is 16.5. The number of hydrogen-bond acceptors (Lipinski definition) is 6. The molecule has 0 aromatic carbocycles. The number of aromatic nitrogens is 4. The maximum Gasteiger partial charge on any atom is 0.227 e. The van der Waals surface area contributed by atoms with E-state index in [4.69, 9.17) is 10.6 Å². The van der Waals surface area contributed by atoms with E-state index >= 15 is 0 Å². The van der Waals surface area contributed by atoms with Crippen LogP contribution in [0.3, 0.4) is 0 Å². The van der Waals surface area contributed by atoms with Crippen molar-refractivity contribution in [3.05, 3.63) is 23.8 Å². The van der Waals surface area contributed by atoms with E-state index in [2.05, 4.69) is 34.3 Å². The van der Waals surface area contributed by atoms with Gasteiger partial charge in [0.2, 0.25) is 5.88 Å². The monoisotopic (exact) mass is 288 g/mol. The van der Waals surface area contributed by atoms with Crippen molar-refractivity contribution in [3.63, 3.8) is 0 Å². The minimum atomic E-state index is 0.289. The SMILES string of the molecule is Cc1c(NN)nc(C2CC2)nc1Oc1cnn(C(C)C)c1. The smallest absolute Gasteiger partial charge is 0.227 e.